The van der Waals surface area contributed by atoms with Crippen LogP contribution in [0.5, 0.6) is 11.5 Å². The first kappa shape index (κ1) is 15.8. The number of carbonyl (C=O) groups excluding carboxylic acids is 2. The fourth-order valence-corrected chi connectivity index (χ4v) is 2.52. The van der Waals surface area contributed by atoms with Gasteiger partial charge in [0.15, 0.2) is 0 Å². The molecule has 1 aliphatic heterocycles. The van der Waals surface area contributed by atoms with Crippen LogP contribution in [0.1, 0.15) is 15.9 Å². The first-order valence-corrected chi connectivity index (χ1v) is 7.49. The Morgan fingerprint density at radius 3 is 2.79 bits per heavy atom. The third-order valence-corrected chi connectivity index (χ3v) is 3.80. The normalized spacial score (nSPS) is 13.3. The van der Waals surface area contributed by atoms with Gasteiger partial charge in [-0.25, -0.2) is 0 Å². The van der Waals surface area contributed by atoms with Gasteiger partial charge in [-0.1, -0.05) is 23.7 Å². The summed E-state index contributed by atoms with van der Waals surface area (Å²) in [6.07, 6.45) is 0. The molecule has 2 aromatic rings. The Bertz CT molecular complexity index is 860. The van der Waals surface area contributed by atoms with Gasteiger partial charge in [-0.2, -0.15) is 5.26 Å². The fraction of sp³-hybridized carbons (Fsp3) is 0.118. The zero-order valence-corrected chi connectivity index (χ0v) is 13.2. The summed E-state index contributed by atoms with van der Waals surface area (Å²) in [6.45, 7) is 0.229. The van der Waals surface area contributed by atoms with Gasteiger partial charge in [0, 0.05) is 5.56 Å². The predicted octanol–water partition coefficient (Wildman–Crippen LogP) is 2.53. The number of hydrogen-bond acceptors (Lipinski definition) is 4. The van der Waals surface area contributed by atoms with Crippen molar-refractivity contribution in [1.29, 1.82) is 5.26 Å². The molecular weight excluding hydrogens is 330 g/mol. The summed E-state index contributed by atoms with van der Waals surface area (Å²) in [6, 6.07) is 13.4. The molecule has 7 heteroatoms. The Kier molecular flexibility index (Phi) is 4.36. The fourth-order valence-electron chi connectivity index (χ4n) is 2.31. The van der Waals surface area contributed by atoms with Crippen molar-refractivity contribution in [2.24, 2.45) is 0 Å². The molecule has 0 saturated carbocycles. The molecule has 0 aliphatic carbocycles. The highest BCUT2D eigenvalue weighted by atomic mass is 35.5. The SMILES string of the molecule is N#Cc1c(Cl)cccc1Oc1cccc(C(=O)N2CNC(=O)C2)c1. The first-order chi connectivity index (χ1) is 11.6. The summed E-state index contributed by atoms with van der Waals surface area (Å²) in [5, 5.41) is 12.0. The molecule has 0 unspecified atom stereocenters. The lowest BCUT2D eigenvalue weighted by Gasteiger charge is -2.14. The van der Waals surface area contributed by atoms with E-state index in [1.807, 2.05) is 6.07 Å². The van der Waals surface area contributed by atoms with E-state index in [4.69, 9.17) is 16.3 Å². The third-order valence-electron chi connectivity index (χ3n) is 3.48. The van der Waals surface area contributed by atoms with Crippen molar-refractivity contribution in [3.8, 4) is 17.6 Å². The zero-order chi connectivity index (χ0) is 17.1. The van der Waals surface area contributed by atoms with Gasteiger partial charge in [0.2, 0.25) is 5.91 Å². The summed E-state index contributed by atoms with van der Waals surface area (Å²) >= 11 is 5.98. The van der Waals surface area contributed by atoms with Crippen molar-refractivity contribution in [3.63, 3.8) is 0 Å². The van der Waals surface area contributed by atoms with E-state index >= 15 is 0 Å². The third kappa shape index (κ3) is 3.16. The monoisotopic (exact) mass is 341 g/mol. The van der Waals surface area contributed by atoms with E-state index in [0.29, 0.717) is 22.1 Å². The van der Waals surface area contributed by atoms with Crippen molar-refractivity contribution in [3.05, 3.63) is 58.6 Å². The number of rotatable bonds is 3. The average molecular weight is 342 g/mol. The van der Waals surface area contributed by atoms with Crippen LogP contribution in [0.15, 0.2) is 42.5 Å². The highest BCUT2D eigenvalue weighted by Gasteiger charge is 2.24. The maximum absolute atomic E-state index is 12.4. The van der Waals surface area contributed by atoms with Crippen molar-refractivity contribution in [2.75, 3.05) is 13.2 Å². The second kappa shape index (κ2) is 6.60. The number of nitriles is 1. The molecule has 6 nitrogen and oxygen atoms in total. The predicted molar refractivity (Wildman–Crippen MR) is 86.7 cm³/mol. The van der Waals surface area contributed by atoms with E-state index in [-0.39, 0.29) is 30.6 Å². The minimum atomic E-state index is -0.273. The smallest absolute Gasteiger partial charge is 0.255 e. The molecule has 1 heterocycles. The van der Waals surface area contributed by atoms with E-state index in [1.54, 1.807) is 42.5 Å². The van der Waals surface area contributed by atoms with Crippen molar-refractivity contribution in [2.45, 2.75) is 0 Å². The van der Waals surface area contributed by atoms with Gasteiger partial charge in [0.1, 0.15) is 29.7 Å². The zero-order valence-electron chi connectivity index (χ0n) is 12.5. The lowest BCUT2D eigenvalue weighted by molar-refractivity contribution is -0.118. The molecule has 2 aromatic carbocycles. The highest BCUT2D eigenvalue weighted by Crippen LogP contribution is 2.30. The minimum Gasteiger partial charge on any atom is -0.456 e. The Hall–Kier alpha value is -3.04. The largest absolute Gasteiger partial charge is 0.456 e. The second-order valence-corrected chi connectivity index (χ2v) is 5.52. The summed E-state index contributed by atoms with van der Waals surface area (Å²) in [5.74, 6) is 0.254. The molecule has 0 aromatic heterocycles. The van der Waals surface area contributed by atoms with Crippen LogP contribution in [0.3, 0.4) is 0 Å². The van der Waals surface area contributed by atoms with Crippen LogP contribution in [0.25, 0.3) is 0 Å². The van der Waals surface area contributed by atoms with Crippen LogP contribution in [0.4, 0.5) is 0 Å². The molecule has 0 spiro atoms. The molecule has 1 fully saturated rings. The van der Waals surface area contributed by atoms with Gasteiger partial charge in [-0.05, 0) is 30.3 Å². The molecule has 120 valence electrons. The Morgan fingerprint density at radius 2 is 2.08 bits per heavy atom. The van der Waals surface area contributed by atoms with E-state index in [2.05, 4.69) is 5.32 Å². The molecule has 2 amide bonds. The molecular formula is C17H12ClN3O3. The minimum absolute atomic E-state index is 0.0385. The molecule has 1 aliphatic rings. The van der Waals surface area contributed by atoms with Crippen LogP contribution in [0.2, 0.25) is 5.02 Å². The summed E-state index contributed by atoms with van der Waals surface area (Å²) in [7, 11) is 0. The molecule has 0 radical (unpaired) electrons. The van der Waals surface area contributed by atoms with Gasteiger partial charge in [-0.3, -0.25) is 9.59 Å². The van der Waals surface area contributed by atoms with E-state index in [1.165, 1.54) is 4.90 Å². The quantitative estimate of drug-likeness (QED) is 0.930. The van der Waals surface area contributed by atoms with Crippen molar-refractivity contribution in [1.82, 2.24) is 10.2 Å². The molecule has 1 N–H and O–H groups in total. The number of benzene rings is 2. The Morgan fingerprint density at radius 1 is 1.29 bits per heavy atom. The van der Waals surface area contributed by atoms with Crippen LogP contribution in [0, 0.1) is 11.3 Å². The molecule has 3 rings (SSSR count). The van der Waals surface area contributed by atoms with Gasteiger partial charge in [-0.15, -0.1) is 0 Å². The topological polar surface area (TPSA) is 82.4 Å². The number of amides is 2. The van der Waals surface area contributed by atoms with Crippen LogP contribution in [-0.2, 0) is 4.79 Å². The van der Waals surface area contributed by atoms with Gasteiger partial charge in [0.25, 0.3) is 5.91 Å². The lowest BCUT2D eigenvalue weighted by atomic mass is 10.2. The standard InChI is InChI=1S/C17H12ClN3O3/c18-14-5-2-6-15(13(14)8-19)24-12-4-1-3-11(7-12)17(23)21-9-16(22)20-10-21/h1-7H,9-10H2,(H,20,22). The number of halogens is 1. The van der Waals surface area contributed by atoms with Gasteiger partial charge in [0.05, 0.1) is 11.7 Å². The maximum atomic E-state index is 12.4. The van der Waals surface area contributed by atoms with Gasteiger partial charge < -0.3 is 15.0 Å². The second-order valence-electron chi connectivity index (χ2n) is 5.12. The molecule has 24 heavy (non-hydrogen) atoms. The van der Waals surface area contributed by atoms with E-state index in [9.17, 15) is 14.9 Å². The summed E-state index contributed by atoms with van der Waals surface area (Å²) in [4.78, 5) is 25.0. The van der Waals surface area contributed by atoms with E-state index < -0.39 is 0 Å². The summed E-state index contributed by atoms with van der Waals surface area (Å²) < 4.78 is 5.70. The maximum Gasteiger partial charge on any atom is 0.255 e. The highest BCUT2D eigenvalue weighted by molar-refractivity contribution is 6.31. The molecule has 0 bridgehead atoms. The Labute approximate surface area is 143 Å². The van der Waals surface area contributed by atoms with Crippen molar-refractivity contribution >= 4 is 23.4 Å². The molecule has 1 saturated heterocycles. The number of ether oxygens (including phenoxy) is 1. The van der Waals surface area contributed by atoms with Crippen LogP contribution in [-0.4, -0.2) is 29.9 Å². The van der Waals surface area contributed by atoms with Crippen molar-refractivity contribution < 1.29 is 14.3 Å². The van der Waals surface area contributed by atoms with E-state index in [0.717, 1.165) is 0 Å². The number of hydrogen-bond donors (Lipinski definition) is 1. The van der Waals surface area contributed by atoms with Gasteiger partial charge >= 0.3 is 0 Å². The number of nitrogens with zero attached hydrogens (tertiary/aromatic N) is 2. The van der Waals surface area contributed by atoms with Crippen LogP contribution < -0.4 is 10.1 Å². The summed E-state index contributed by atoms with van der Waals surface area (Å²) in [5.41, 5.74) is 0.620. The Balaban J connectivity index is 1.84. The molecule has 0 atom stereocenters. The lowest BCUT2D eigenvalue weighted by Crippen LogP contribution is -2.29. The number of nitrogens with one attached hydrogen (secondary N) is 1. The van der Waals surface area contributed by atoms with Crippen LogP contribution >= 0.6 is 11.6 Å². The number of carbonyl (C=O) groups is 2. The first-order valence-electron chi connectivity index (χ1n) is 7.11. The average Bonchev–Trinajstić information content (AvgIpc) is 3.01.